The van der Waals surface area contributed by atoms with Crippen molar-refractivity contribution in [1.82, 2.24) is 29.6 Å². The van der Waals surface area contributed by atoms with Crippen LogP contribution in [0, 0.1) is 0 Å². The molecule has 0 unspecified atom stereocenters. The highest BCUT2D eigenvalue weighted by Crippen LogP contribution is 2.23. The molecule has 154 valence electrons. The summed E-state index contributed by atoms with van der Waals surface area (Å²) in [5, 5.41) is 11.1. The fourth-order valence-corrected chi connectivity index (χ4v) is 3.44. The van der Waals surface area contributed by atoms with Gasteiger partial charge < -0.3 is 5.32 Å². The van der Waals surface area contributed by atoms with Gasteiger partial charge in [-0.2, -0.15) is 10.1 Å². The summed E-state index contributed by atoms with van der Waals surface area (Å²) in [4.78, 5) is 33.6. The molecule has 2 N–H and O–H groups in total. The number of halogens is 1. The summed E-state index contributed by atoms with van der Waals surface area (Å²) >= 11 is 0. The van der Waals surface area contributed by atoms with E-state index in [0.717, 1.165) is 31.8 Å². The van der Waals surface area contributed by atoms with Crippen LogP contribution in [0.1, 0.15) is 31.0 Å². The molecule has 2 aromatic heterocycles. The van der Waals surface area contributed by atoms with E-state index in [2.05, 4.69) is 25.7 Å². The van der Waals surface area contributed by atoms with Crippen LogP contribution in [0.25, 0.3) is 10.9 Å². The van der Waals surface area contributed by atoms with Gasteiger partial charge in [0.05, 0.1) is 17.2 Å². The number of amides is 1. The molecule has 0 atom stereocenters. The van der Waals surface area contributed by atoms with Gasteiger partial charge in [-0.3, -0.25) is 19.5 Å². The van der Waals surface area contributed by atoms with Crippen molar-refractivity contribution in [3.05, 3.63) is 46.8 Å². The Balaban J connectivity index is 0.00000240. The molecule has 0 spiro atoms. The molecule has 9 nitrogen and oxygen atoms in total. The summed E-state index contributed by atoms with van der Waals surface area (Å²) in [7, 11) is 1.77. The second kappa shape index (κ2) is 9.15. The highest BCUT2D eigenvalue weighted by molar-refractivity contribution is 5.89. The second-order valence-corrected chi connectivity index (χ2v) is 7.00. The van der Waals surface area contributed by atoms with Gasteiger partial charge in [0.25, 0.3) is 5.56 Å². The maximum Gasteiger partial charge on any atom is 0.261 e. The van der Waals surface area contributed by atoms with Crippen LogP contribution in [0.5, 0.6) is 0 Å². The van der Waals surface area contributed by atoms with Crippen LogP contribution in [-0.4, -0.2) is 43.3 Å². The molecule has 3 heterocycles. The molecule has 0 aliphatic carbocycles. The van der Waals surface area contributed by atoms with E-state index in [1.165, 1.54) is 10.9 Å². The lowest BCUT2D eigenvalue weighted by molar-refractivity contribution is -0.116. The van der Waals surface area contributed by atoms with Gasteiger partial charge >= 0.3 is 0 Å². The minimum absolute atomic E-state index is 0. The van der Waals surface area contributed by atoms with E-state index in [1.807, 2.05) is 6.07 Å². The molecule has 29 heavy (non-hydrogen) atoms. The standard InChI is InChI=1S/C19H23N7O2.ClH/c1-25-19(23-17(24-25)13-6-9-20-10-7-13)22-16(27)8-11-26-12-21-15-5-3-2-4-14(15)18(26)28;/h2-5,12-13,20H,6-11H2,1H3,(H,22,23,24,27);1H. The number of aryl methyl sites for hydroxylation is 2. The predicted molar refractivity (Wildman–Crippen MR) is 112 cm³/mol. The van der Waals surface area contributed by atoms with E-state index in [9.17, 15) is 9.59 Å². The molecule has 3 aromatic rings. The first kappa shape index (κ1) is 20.9. The molecule has 1 amide bonds. The van der Waals surface area contributed by atoms with Crippen molar-refractivity contribution in [1.29, 1.82) is 0 Å². The lowest BCUT2D eigenvalue weighted by Gasteiger charge is -2.19. The molecule has 1 saturated heterocycles. The lowest BCUT2D eigenvalue weighted by atomic mass is 9.98. The number of piperidine rings is 1. The van der Waals surface area contributed by atoms with Crippen molar-refractivity contribution in [2.75, 3.05) is 18.4 Å². The minimum atomic E-state index is -0.215. The van der Waals surface area contributed by atoms with Gasteiger partial charge in [0, 0.05) is 25.9 Å². The lowest BCUT2D eigenvalue weighted by Crippen LogP contribution is -2.27. The van der Waals surface area contributed by atoms with E-state index >= 15 is 0 Å². The van der Waals surface area contributed by atoms with Crippen LogP contribution in [-0.2, 0) is 18.4 Å². The monoisotopic (exact) mass is 417 g/mol. The van der Waals surface area contributed by atoms with Crippen molar-refractivity contribution in [3.63, 3.8) is 0 Å². The summed E-state index contributed by atoms with van der Waals surface area (Å²) in [5.41, 5.74) is 0.503. The van der Waals surface area contributed by atoms with Crippen molar-refractivity contribution >= 4 is 35.2 Å². The molecule has 1 aliphatic heterocycles. The number of para-hydroxylation sites is 1. The molecule has 1 aliphatic rings. The van der Waals surface area contributed by atoms with E-state index in [1.54, 1.807) is 29.9 Å². The maximum absolute atomic E-state index is 12.5. The average molecular weight is 418 g/mol. The third kappa shape index (κ3) is 4.63. The quantitative estimate of drug-likeness (QED) is 0.650. The molecule has 0 bridgehead atoms. The number of anilines is 1. The topological polar surface area (TPSA) is 107 Å². The largest absolute Gasteiger partial charge is 0.317 e. The van der Waals surface area contributed by atoms with Gasteiger partial charge in [0.15, 0.2) is 5.82 Å². The number of hydrogen-bond donors (Lipinski definition) is 2. The summed E-state index contributed by atoms with van der Waals surface area (Å²) in [6, 6.07) is 7.17. The summed E-state index contributed by atoms with van der Waals surface area (Å²) in [5.74, 6) is 1.31. The number of hydrogen-bond acceptors (Lipinski definition) is 6. The molecule has 10 heteroatoms. The molecular weight excluding hydrogens is 394 g/mol. The summed E-state index contributed by atoms with van der Waals surface area (Å²) < 4.78 is 3.05. The van der Waals surface area contributed by atoms with E-state index < -0.39 is 0 Å². The summed E-state index contributed by atoms with van der Waals surface area (Å²) in [6.45, 7) is 2.17. The third-order valence-corrected chi connectivity index (χ3v) is 5.05. The molecule has 0 saturated carbocycles. The Morgan fingerprint density at radius 2 is 2.03 bits per heavy atom. The average Bonchev–Trinajstić information content (AvgIpc) is 3.09. The van der Waals surface area contributed by atoms with Crippen LogP contribution < -0.4 is 16.2 Å². The van der Waals surface area contributed by atoms with Crippen LogP contribution >= 0.6 is 12.4 Å². The van der Waals surface area contributed by atoms with Gasteiger partial charge in [0.1, 0.15) is 0 Å². The van der Waals surface area contributed by atoms with Crippen molar-refractivity contribution in [2.45, 2.75) is 31.7 Å². The highest BCUT2D eigenvalue weighted by Gasteiger charge is 2.21. The molecule has 0 radical (unpaired) electrons. The SMILES string of the molecule is Cl.Cn1nc(C2CCNCC2)nc1NC(=O)CCn1cnc2ccccc2c1=O. The van der Waals surface area contributed by atoms with Gasteiger partial charge in [-0.05, 0) is 38.1 Å². The number of rotatable bonds is 5. The van der Waals surface area contributed by atoms with E-state index in [4.69, 9.17) is 0 Å². The zero-order chi connectivity index (χ0) is 19.5. The Hall–Kier alpha value is -2.78. The van der Waals surface area contributed by atoms with Crippen molar-refractivity contribution in [3.8, 4) is 0 Å². The van der Waals surface area contributed by atoms with Gasteiger partial charge in [-0.25, -0.2) is 9.67 Å². The maximum atomic E-state index is 12.5. The van der Waals surface area contributed by atoms with Crippen LogP contribution in [0.2, 0.25) is 0 Å². The molecular formula is C19H24ClN7O2. The van der Waals surface area contributed by atoms with Gasteiger partial charge in [-0.15, -0.1) is 12.4 Å². The zero-order valence-corrected chi connectivity index (χ0v) is 17.0. The van der Waals surface area contributed by atoms with Gasteiger partial charge in [-0.1, -0.05) is 12.1 Å². The fourth-order valence-electron chi connectivity index (χ4n) is 3.44. The first-order chi connectivity index (χ1) is 13.6. The zero-order valence-electron chi connectivity index (χ0n) is 16.2. The molecule has 1 fully saturated rings. The number of fused-ring (bicyclic) bond motifs is 1. The molecule has 4 rings (SSSR count). The Morgan fingerprint density at radius 1 is 1.28 bits per heavy atom. The van der Waals surface area contributed by atoms with Crippen LogP contribution in [0.15, 0.2) is 35.4 Å². The van der Waals surface area contributed by atoms with E-state index in [-0.39, 0.29) is 36.8 Å². The van der Waals surface area contributed by atoms with Crippen LogP contribution in [0.4, 0.5) is 5.95 Å². The van der Waals surface area contributed by atoms with Gasteiger partial charge in [0.2, 0.25) is 11.9 Å². The number of carbonyl (C=O) groups is 1. The first-order valence-corrected chi connectivity index (χ1v) is 9.47. The smallest absolute Gasteiger partial charge is 0.261 e. The predicted octanol–water partition coefficient (Wildman–Crippen LogP) is 1.44. The number of nitrogens with zero attached hydrogens (tertiary/aromatic N) is 5. The Labute approximate surface area is 174 Å². The second-order valence-electron chi connectivity index (χ2n) is 7.00. The third-order valence-electron chi connectivity index (χ3n) is 5.05. The first-order valence-electron chi connectivity index (χ1n) is 9.47. The van der Waals surface area contributed by atoms with Crippen LogP contribution in [0.3, 0.4) is 0 Å². The molecule has 1 aromatic carbocycles. The van der Waals surface area contributed by atoms with E-state index in [0.29, 0.717) is 22.8 Å². The highest BCUT2D eigenvalue weighted by atomic mass is 35.5. The number of carbonyl (C=O) groups excluding carboxylic acids is 1. The minimum Gasteiger partial charge on any atom is -0.317 e. The normalized spacial score (nSPS) is 14.5. The Bertz CT molecular complexity index is 1060. The van der Waals surface area contributed by atoms with Crippen molar-refractivity contribution < 1.29 is 4.79 Å². The summed E-state index contributed by atoms with van der Waals surface area (Å²) in [6.07, 6.45) is 3.62. The Morgan fingerprint density at radius 3 is 2.83 bits per heavy atom. The fraction of sp³-hybridized carbons (Fsp3) is 0.421. The number of nitrogens with one attached hydrogen (secondary N) is 2. The number of aromatic nitrogens is 5. The Kier molecular flexibility index (Phi) is 6.60. The van der Waals surface area contributed by atoms with Crippen molar-refractivity contribution in [2.24, 2.45) is 7.05 Å². The number of benzene rings is 1.